The molecule has 0 saturated carbocycles. The van der Waals surface area contributed by atoms with E-state index in [2.05, 4.69) is 36.5 Å². The molecule has 4 atom stereocenters. The molecule has 7 rings (SSSR count). The van der Waals surface area contributed by atoms with Crippen molar-refractivity contribution in [3.63, 3.8) is 0 Å². The monoisotopic (exact) mass is 469 g/mol. The fourth-order valence-electron chi connectivity index (χ4n) is 7.72. The van der Waals surface area contributed by atoms with Gasteiger partial charge in [0.25, 0.3) is 0 Å². The van der Waals surface area contributed by atoms with Crippen molar-refractivity contribution < 1.29 is 23.5 Å². The third-order valence-corrected chi connectivity index (χ3v) is 9.18. The van der Waals surface area contributed by atoms with Gasteiger partial charge in [0.05, 0.1) is 12.0 Å². The number of allylic oxidation sites excluding steroid dienone is 2. The minimum absolute atomic E-state index is 0.126. The topological polar surface area (TPSA) is 64.6 Å². The summed E-state index contributed by atoms with van der Waals surface area (Å²) < 4.78 is 12.1. The number of para-hydroxylation sites is 1. The highest BCUT2D eigenvalue weighted by atomic mass is 16.6. The molecule has 5 aliphatic rings. The predicted molar refractivity (Wildman–Crippen MR) is 132 cm³/mol. The molecular formula is C29H29N2O4+. The lowest BCUT2D eigenvalue weighted by Gasteiger charge is -2.53. The number of ketones is 1. The van der Waals surface area contributed by atoms with E-state index in [0.29, 0.717) is 36.8 Å². The number of rotatable bonds is 4. The minimum Gasteiger partial charge on any atom is -0.486 e. The lowest BCUT2D eigenvalue weighted by molar-refractivity contribution is -0.934. The second-order valence-corrected chi connectivity index (χ2v) is 10.5. The number of hydrogen-bond acceptors (Lipinski definition) is 5. The second kappa shape index (κ2) is 7.31. The van der Waals surface area contributed by atoms with Gasteiger partial charge in [-0.2, -0.15) is 0 Å². The van der Waals surface area contributed by atoms with Gasteiger partial charge >= 0.3 is 0 Å². The van der Waals surface area contributed by atoms with Gasteiger partial charge in [-0.25, -0.2) is 0 Å². The van der Waals surface area contributed by atoms with E-state index in [-0.39, 0.29) is 23.2 Å². The molecule has 1 spiro atoms. The van der Waals surface area contributed by atoms with Gasteiger partial charge in [0.1, 0.15) is 38.6 Å². The van der Waals surface area contributed by atoms with Crippen LogP contribution in [0.5, 0.6) is 11.5 Å². The van der Waals surface area contributed by atoms with Gasteiger partial charge in [-0.05, 0) is 42.3 Å². The summed E-state index contributed by atoms with van der Waals surface area (Å²) in [6.07, 6.45) is 5.10. The molecule has 35 heavy (non-hydrogen) atoms. The normalized spacial score (nSPS) is 32.7. The Hall–Kier alpha value is -3.38. The molecule has 2 aromatic carbocycles. The zero-order valence-corrected chi connectivity index (χ0v) is 19.9. The van der Waals surface area contributed by atoms with Gasteiger partial charge in [0, 0.05) is 41.3 Å². The van der Waals surface area contributed by atoms with Crippen LogP contribution >= 0.6 is 0 Å². The molecular weight excluding hydrogens is 440 g/mol. The van der Waals surface area contributed by atoms with Crippen molar-refractivity contribution in [3.05, 3.63) is 76.5 Å². The smallest absolute Gasteiger partial charge is 0.217 e. The number of nitrogens with zero attached hydrogens (tertiary/aromatic N) is 1. The summed E-state index contributed by atoms with van der Waals surface area (Å²) in [5.41, 5.74) is 6.11. The zero-order chi connectivity index (χ0) is 23.8. The van der Waals surface area contributed by atoms with Crippen LogP contribution in [0, 0.1) is 5.92 Å². The highest BCUT2D eigenvalue weighted by molar-refractivity contribution is 5.97. The van der Waals surface area contributed by atoms with Crippen molar-refractivity contribution in [1.82, 2.24) is 0 Å². The van der Waals surface area contributed by atoms with Crippen molar-refractivity contribution in [3.8, 4) is 11.5 Å². The molecule has 178 valence electrons. The Kier molecular flexibility index (Phi) is 4.38. The Bertz CT molecular complexity index is 1340. The summed E-state index contributed by atoms with van der Waals surface area (Å²) in [7, 11) is 0. The molecule has 2 saturated heterocycles. The molecule has 0 unspecified atom stereocenters. The Morgan fingerprint density at radius 2 is 2.00 bits per heavy atom. The van der Waals surface area contributed by atoms with E-state index < -0.39 is 0 Å². The quantitative estimate of drug-likeness (QED) is 0.317. The summed E-state index contributed by atoms with van der Waals surface area (Å²) >= 11 is 0. The number of carbonyl (C=O) groups excluding carboxylic acids is 2. The number of quaternary nitrogens is 1. The lowest BCUT2D eigenvalue weighted by atomic mass is 9.61. The Labute approximate surface area is 204 Å². The van der Waals surface area contributed by atoms with E-state index in [1.807, 2.05) is 24.3 Å². The van der Waals surface area contributed by atoms with Crippen molar-refractivity contribution in [2.45, 2.75) is 31.2 Å². The highest BCUT2D eigenvalue weighted by Gasteiger charge is 2.68. The molecule has 0 amide bonds. The molecule has 6 nitrogen and oxygen atoms in total. The lowest BCUT2D eigenvalue weighted by Crippen LogP contribution is -2.64. The fraction of sp³-hybridized carbons (Fsp3) is 0.379. The van der Waals surface area contributed by atoms with Gasteiger partial charge in [-0.3, -0.25) is 9.59 Å². The number of anilines is 1. The number of hydrogen-bond donors (Lipinski definition) is 1. The first kappa shape index (κ1) is 20.9. The van der Waals surface area contributed by atoms with E-state index in [4.69, 9.17) is 9.47 Å². The van der Waals surface area contributed by atoms with E-state index in [1.54, 1.807) is 0 Å². The number of carbonyl (C=O) groups is 2. The maximum atomic E-state index is 13.8. The molecule has 2 fully saturated rings. The number of aldehydes is 1. The molecule has 0 radical (unpaired) electrons. The molecule has 2 aromatic rings. The third-order valence-electron chi connectivity index (χ3n) is 9.18. The van der Waals surface area contributed by atoms with Crippen molar-refractivity contribution in [2.75, 3.05) is 38.2 Å². The van der Waals surface area contributed by atoms with Crippen LogP contribution in [0.25, 0.3) is 0 Å². The Morgan fingerprint density at radius 3 is 2.83 bits per heavy atom. The molecule has 6 heteroatoms. The van der Waals surface area contributed by atoms with Crippen LogP contribution in [0.1, 0.15) is 35.7 Å². The van der Waals surface area contributed by atoms with E-state index in [1.165, 1.54) is 11.1 Å². The van der Waals surface area contributed by atoms with Crippen LogP contribution in [-0.4, -0.2) is 55.4 Å². The summed E-state index contributed by atoms with van der Waals surface area (Å²) in [6.45, 7) is 5.28. The van der Waals surface area contributed by atoms with Crippen molar-refractivity contribution >= 4 is 17.8 Å². The second-order valence-electron chi connectivity index (χ2n) is 10.5. The van der Waals surface area contributed by atoms with Crippen LogP contribution in [0.4, 0.5) is 5.69 Å². The zero-order valence-electron chi connectivity index (χ0n) is 19.9. The molecule has 0 aromatic heterocycles. The Balaban J connectivity index is 1.33. The molecule has 4 heterocycles. The number of piperidine rings is 1. The van der Waals surface area contributed by atoms with Gasteiger partial charge in [0.15, 0.2) is 11.5 Å². The Morgan fingerprint density at radius 1 is 1.17 bits per heavy atom. The molecule has 1 aliphatic carbocycles. The standard InChI is InChI=1S/C29H28N2O4/c1-2-18-15-31(16-24(33)19-7-8-25-26(13-19)35-12-11-34-25)10-9-29-22-5-3-4-6-23(22)30-28(29)21(17-32)20(18)14-27(29)31/h2-8,13,17,20,27H,9-12,14-16H2,1H3/p+1/b18-2-/t20-,27-,29+,31+/m0/s1. The van der Waals surface area contributed by atoms with Gasteiger partial charge in [-0.15, -0.1) is 0 Å². The van der Waals surface area contributed by atoms with Crippen LogP contribution in [-0.2, 0) is 10.2 Å². The number of ether oxygens (including phenoxy) is 2. The third kappa shape index (κ3) is 2.69. The van der Waals surface area contributed by atoms with Gasteiger partial charge < -0.3 is 19.3 Å². The number of benzene rings is 2. The van der Waals surface area contributed by atoms with E-state index in [9.17, 15) is 9.59 Å². The summed E-state index contributed by atoms with van der Waals surface area (Å²) in [4.78, 5) is 26.2. The average Bonchev–Trinajstić information content (AvgIpc) is 3.42. The summed E-state index contributed by atoms with van der Waals surface area (Å²) in [5.74, 6) is 1.62. The summed E-state index contributed by atoms with van der Waals surface area (Å²) in [5, 5.41) is 3.66. The average molecular weight is 470 g/mol. The van der Waals surface area contributed by atoms with Crippen LogP contribution in [0.15, 0.2) is 65.4 Å². The van der Waals surface area contributed by atoms with Crippen LogP contribution < -0.4 is 14.8 Å². The first-order chi connectivity index (χ1) is 17.1. The fourth-order valence-corrected chi connectivity index (χ4v) is 7.72. The first-order valence-electron chi connectivity index (χ1n) is 12.6. The largest absolute Gasteiger partial charge is 0.486 e. The van der Waals surface area contributed by atoms with Crippen molar-refractivity contribution in [2.24, 2.45) is 5.92 Å². The predicted octanol–water partition coefficient (Wildman–Crippen LogP) is 4.03. The van der Waals surface area contributed by atoms with E-state index in [0.717, 1.165) is 53.7 Å². The first-order valence-corrected chi connectivity index (χ1v) is 12.6. The molecule has 4 aliphatic heterocycles. The number of nitrogens with one attached hydrogen (secondary N) is 1. The van der Waals surface area contributed by atoms with Gasteiger partial charge in [0.2, 0.25) is 5.78 Å². The van der Waals surface area contributed by atoms with Crippen LogP contribution in [0.2, 0.25) is 0 Å². The SMILES string of the molecule is C/C=C1/C[N@@+]2(CC(=O)c3ccc4c(c3)OCCO4)CC[C@]34C(=C(C=O)[C@H]1C[C@@H]32)Nc1ccccc14. The van der Waals surface area contributed by atoms with Crippen LogP contribution in [0.3, 0.4) is 0 Å². The molecule has 2 bridgehead atoms. The van der Waals surface area contributed by atoms with Gasteiger partial charge in [-0.1, -0.05) is 24.3 Å². The summed E-state index contributed by atoms with van der Waals surface area (Å²) in [6, 6.07) is 14.3. The highest BCUT2D eigenvalue weighted by Crippen LogP contribution is 2.63. The maximum Gasteiger partial charge on any atom is 0.217 e. The minimum atomic E-state index is -0.226. The van der Waals surface area contributed by atoms with E-state index >= 15 is 0 Å². The number of fused-ring (bicyclic) bond motifs is 3. The number of Topliss-reactive ketones (excluding diaryl/α,β-unsaturated/α-hetero) is 1. The molecule has 1 N–H and O–H groups in total. The maximum absolute atomic E-state index is 13.8. The van der Waals surface area contributed by atoms with Crippen molar-refractivity contribution in [1.29, 1.82) is 0 Å².